The van der Waals surface area contributed by atoms with Gasteiger partial charge in [-0.05, 0) is 6.92 Å². The van der Waals surface area contributed by atoms with Gasteiger partial charge in [0, 0.05) is 17.6 Å². The predicted molar refractivity (Wildman–Crippen MR) is 45.2 cm³/mol. The highest BCUT2D eigenvalue weighted by molar-refractivity contribution is 7.13. The minimum absolute atomic E-state index is 0.0530. The third-order valence-electron chi connectivity index (χ3n) is 1.20. The number of rotatable bonds is 3. The van der Waals surface area contributed by atoms with Crippen LogP contribution in [0.1, 0.15) is 14.7 Å². The number of alkyl halides is 1. The summed E-state index contributed by atoms with van der Waals surface area (Å²) in [7, 11) is 0. The smallest absolute Gasteiger partial charge is 0.280 e. The second-order valence-corrected chi connectivity index (χ2v) is 3.46. The number of aromatic nitrogens is 1. The molecule has 0 aliphatic heterocycles. The molecule has 1 heterocycles. The molecule has 0 radical (unpaired) electrons. The normalized spacial score (nSPS) is 9.83. The van der Waals surface area contributed by atoms with Gasteiger partial charge >= 0.3 is 0 Å². The van der Waals surface area contributed by atoms with E-state index < -0.39 is 6.67 Å². The van der Waals surface area contributed by atoms with Gasteiger partial charge in [-0.25, -0.2) is 9.37 Å². The van der Waals surface area contributed by atoms with Gasteiger partial charge in [0.2, 0.25) is 0 Å². The van der Waals surface area contributed by atoms with Crippen molar-refractivity contribution in [1.82, 2.24) is 10.3 Å². The van der Waals surface area contributed by atoms with Crippen molar-refractivity contribution >= 4 is 17.2 Å². The molecule has 5 heteroatoms. The van der Waals surface area contributed by atoms with E-state index in [9.17, 15) is 9.18 Å². The minimum atomic E-state index is -0.546. The molecule has 0 aliphatic carbocycles. The summed E-state index contributed by atoms with van der Waals surface area (Å²) in [5, 5.41) is 2.79. The lowest BCUT2D eigenvalue weighted by atomic mass is 10.6. The first kappa shape index (κ1) is 9.12. The molecule has 0 saturated heterocycles. The number of carbonyl (C=O) groups is 1. The molecule has 1 N–H and O–H groups in total. The molecular formula is C7H9FN2OS. The first-order valence-electron chi connectivity index (χ1n) is 3.50. The lowest BCUT2D eigenvalue weighted by Crippen LogP contribution is -2.25. The highest BCUT2D eigenvalue weighted by atomic mass is 32.1. The van der Waals surface area contributed by atoms with Crippen LogP contribution in [0.25, 0.3) is 0 Å². The average molecular weight is 188 g/mol. The van der Waals surface area contributed by atoms with Crippen LogP contribution in [-0.4, -0.2) is 24.1 Å². The van der Waals surface area contributed by atoms with E-state index in [0.717, 1.165) is 4.88 Å². The molecular weight excluding hydrogens is 179 g/mol. The van der Waals surface area contributed by atoms with Gasteiger partial charge in [0.1, 0.15) is 6.67 Å². The molecule has 3 nitrogen and oxygen atoms in total. The van der Waals surface area contributed by atoms with Gasteiger partial charge in [0.05, 0.1) is 0 Å². The Labute approximate surface area is 73.6 Å². The monoisotopic (exact) mass is 188 g/mol. The van der Waals surface area contributed by atoms with Crippen LogP contribution in [0, 0.1) is 6.92 Å². The van der Waals surface area contributed by atoms with Gasteiger partial charge < -0.3 is 5.32 Å². The molecule has 12 heavy (non-hydrogen) atoms. The second-order valence-electron chi connectivity index (χ2n) is 2.22. The van der Waals surface area contributed by atoms with Crippen molar-refractivity contribution in [1.29, 1.82) is 0 Å². The lowest BCUT2D eigenvalue weighted by molar-refractivity contribution is 0.0950. The molecule has 66 valence electrons. The van der Waals surface area contributed by atoms with E-state index in [4.69, 9.17) is 0 Å². The number of nitrogens with one attached hydrogen (secondary N) is 1. The fourth-order valence-electron chi connectivity index (χ4n) is 0.696. The summed E-state index contributed by atoms with van der Waals surface area (Å²) in [4.78, 5) is 15.9. The minimum Gasteiger partial charge on any atom is -0.347 e. The number of hydrogen-bond donors (Lipinski definition) is 1. The van der Waals surface area contributed by atoms with Crippen LogP contribution >= 0.6 is 11.3 Å². The topological polar surface area (TPSA) is 42.0 Å². The zero-order chi connectivity index (χ0) is 8.97. The van der Waals surface area contributed by atoms with Crippen molar-refractivity contribution in [3.63, 3.8) is 0 Å². The molecule has 1 aromatic heterocycles. The molecule has 0 fully saturated rings. The Balaban J connectivity index is 2.53. The summed E-state index contributed by atoms with van der Waals surface area (Å²) >= 11 is 1.30. The van der Waals surface area contributed by atoms with Crippen LogP contribution in [0.4, 0.5) is 4.39 Å². The van der Waals surface area contributed by atoms with Gasteiger partial charge in [-0.15, -0.1) is 11.3 Å². The first-order valence-corrected chi connectivity index (χ1v) is 4.32. The summed E-state index contributed by atoms with van der Waals surface area (Å²) in [6.07, 6.45) is 1.62. The number of aryl methyl sites for hydroxylation is 1. The molecule has 0 aromatic carbocycles. The Morgan fingerprint density at radius 2 is 2.58 bits per heavy atom. The summed E-state index contributed by atoms with van der Waals surface area (Å²) in [6.45, 7) is 1.37. The first-order chi connectivity index (χ1) is 5.74. The van der Waals surface area contributed by atoms with Crippen molar-refractivity contribution in [3.05, 3.63) is 16.1 Å². The summed E-state index contributed by atoms with van der Waals surface area (Å²) in [5.74, 6) is -0.300. The Morgan fingerprint density at radius 3 is 3.08 bits per heavy atom. The maximum Gasteiger partial charge on any atom is 0.280 e. The van der Waals surface area contributed by atoms with Crippen molar-refractivity contribution in [2.45, 2.75) is 6.92 Å². The maximum atomic E-state index is 11.6. The van der Waals surface area contributed by atoms with E-state index in [1.165, 1.54) is 11.3 Å². The number of halogens is 1. The molecule has 0 atom stereocenters. The third-order valence-corrected chi connectivity index (χ3v) is 2.11. The Hall–Kier alpha value is -0.970. The third kappa shape index (κ3) is 2.27. The van der Waals surface area contributed by atoms with Crippen LogP contribution in [0.2, 0.25) is 0 Å². The fourth-order valence-corrected chi connectivity index (χ4v) is 1.38. The highest BCUT2D eigenvalue weighted by Gasteiger charge is 2.07. The number of thiazole rings is 1. The molecule has 1 aromatic rings. The number of carbonyl (C=O) groups excluding carboxylic acids is 1. The Morgan fingerprint density at radius 1 is 1.83 bits per heavy atom. The van der Waals surface area contributed by atoms with Gasteiger partial charge in [-0.2, -0.15) is 0 Å². The van der Waals surface area contributed by atoms with Crippen LogP contribution in [-0.2, 0) is 0 Å². The van der Waals surface area contributed by atoms with E-state index in [1.54, 1.807) is 6.20 Å². The maximum absolute atomic E-state index is 11.6. The van der Waals surface area contributed by atoms with Crippen molar-refractivity contribution in [3.8, 4) is 0 Å². The standard InChI is InChI=1S/C7H9FN2OS/c1-5-4-10-7(12-5)6(11)9-3-2-8/h4H,2-3H2,1H3,(H,9,11). The summed E-state index contributed by atoms with van der Waals surface area (Å²) in [6, 6.07) is 0. The summed E-state index contributed by atoms with van der Waals surface area (Å²) in [5.41, 5.74) is 0. The number of amides is 1. The molecule has 0 bridgehead atoms. The Bertz CT molecular complexity index is 274. The number of hydrogen-bond acceptors (Lipinski definition) is 3. The zero-order valence-electron chi connectivity index (χ0n) is 6.63. The van der Waals surface area contributed by atoms with Crippen molar-refractivity contribution in [2.24, 2.45) is 0 Å². The van der Waals surface area contributed by atoms with Gasteiger partial charge in [0.15, 0.2) is 5.01 Å². The predicted octanol–water partition coefficient (Wildman–Crippen LogP) is 1.15. The summed E-state index contributed by atoms with van der Waals surface area (Å²) < 4.78 is 11.6. The number of nitrogens with zero attached hydrogens (tertiary/aromatic N) is 1. The quantitative estimate of drug-likeness (QED) is 0.773. The molecule has 0 saturated carbocycles. The van der Waals surface area contributed by atoms with Gasteiger partial charge in [-0.3, -0.25) is 4.79 Å². The highest BCUT2D eigenvalue weighted by Crippen LogP contribution is 2.10. The largest absolute Gasteiger partial charge is 0.347 e. The lowest BCUT2D eigenvalue weighted by Gasteiger charge is -1.96. The Kier molecular flexibility index (Phi) is 3.16. The fraction of sp³-hybridized carbons (Fsp3) is 0.429. The van der Waals surface area contributed by atoms with E-state index in [-0.39, 0.29) is 12.5 Å². The molecule has 0 spiro atoms. The van der Waals surface area contributed by atoms with Crippen molar-refractivity contribution < 1.29 is 9.18 Å². The van der Waals surface area contributed by atoms with Gasteiger partial charge in [0.25, 0.3) is 5.91 Å². The SMILES string of the molecule is Cc1cnc(C(=O)NCCF)s1. The van der Waals surface area contributed by atoms with Gasteiger partial charge in [-0.1, -0.05) is 0 Å². The average Bonchev–Trinajstić information content (AvgIpc) is 2.47. The van der Waals surface area contributed by atoms with Crippen molar-refractivity contribution in [2.75, 3.05) is 13.2 Å². The molecule has 1 rings (SSSR count). The van der Waals surface area contributed by atoms with Crippen LogP contribution < -0.4 is 5.32 Å². The second kappa shape index (κ2) is 4.15. The van der Waals surface area contributed by atoms with Crippen LogP contribution in [0.15, 0.2) is 6.20 Å². The molecule has 0 unspecified atom stereocenters. The van der Waals surface area contributed by atoms with E-state index in [1.807, 2.05) is 6.92 Å². The van der Waals surface area contributed by atoms with Crippen LogP contribution in [0.5, 0.6) is 0 Å². The molecule has 1 amide bonds. The molecule has 0 aliphatic rings. The van der Waals surface area contributed by atoms with E-state index in [0.29, 0.717) is 5.01 Å². The van der Waals surface area contributed by atoms with Crippen LogP contribution in [0.3, 0.4) is 0 Å². The van der Waals surface area contributed by atoms with E-state index >= 15 is 0 Å². The van der Waals surface area contributed by atoms with E-state index in [2.05, 4.69) is 10.3 Å². The zero-order valence-corrected chi connectivity index (χ0v) is 7.45.